The number of hydrogen-bond donors (Lipinski definition) is 2. The molecule has 10 heteroatoms. The number of aryl methyl sites for hydroxylation is 1. The third-order valence-electron chi connectivity index (χ3n) is 4.95. The van der Waals surface area contributed by atoms with Gasteiger partial charge >= 0.3 is 0 Å². The quantitative estimate of drug-likeness (QED) is 0.202. The van der Waals surface area contributed by atoms with Crippen LogP contribution in [0.15, 0.2) is 64.6 Å². The monoisotopic (exact) mass is 601 g/mol. The number of carbonyl (C=O) groups excluding carboxylic acids is 2. The van der Waals surface area contributed by atoms with Gasteiger partial charge in [0.05, 0.1) is 21.1 Å². The zero-order valence-electron chi connectivity index (χ0n) is 19.9. The second-order valence-corrected chi connectivity index (χ2v) is 9.34. The normalized spacial score (nSPS) is 10.9. The number of carbonyl (C=O) groups is 2. The Labute approximate surface area is 233 Å². The molecule has 2 N–H and O–H groups in total. The maximum absolute atomic E-state index is 12.7. The fraction of sp³-hybridized carbons (Fsp3) is 0.148. The number of ether oxygens (including phenoxy) is 2. The number of amides is 2. The SMILES string of the molecule is CCOc1cc(/C=C(/C#N)C(=O)Nc2ccccc2C)cc(Br)c1OCC(=O)Nc1ccc(Cl)c(Cl)c1. The zero-order chi connectivity index (χ0) is 26.9. The molecule has 0 bridgehead atoms. The average Bonchev–Trinajstić information content (AvgIpc) is 2.85. The summed E-state index contributed by atoms with van der Waals surface area (Å²) in [6, 6.07) is 17.2. The first-order chi connectivity index (χ1) is 17.7. The lowest BCUT2D eigenvalue weighted by atomic mass is 10.1. The molecule has 190 valence electrons. The van der Waals surface area contributed by atoms with Gasteiger partial charge in [0.1, 0.15) is 11.6 Å². The number of nitrogens with zero attached hydrogens (tertiary/aromatic N) is 1. The highest BCUT2D eigenvalue weighted by Crippen LogP contribution is 2.37. The van der Waals surface area contributed by atoms with Gasteiger partial charge in [-0.05, 0) is 83.4 Å². The number of nitriles is 1. The number of benzene rings is 3. The lowest BCUT2D eigenvalue weighted by molar-refractivity contribution is -0.118. The Morgan fingerprint density at radius 2 is 1.81 bits per heavy atom. The second kappa shape index (κ2) is 13.2. The molecule has 3 aromatic carbocycles. The van der Waals surface area contributed by atoms with Gasteiger partial charge in [-0.1, -0.05) is 41.4 Å². The van der Waals surface area contributed by atoms with Crippen LogP contribution in [0.25, 0.3) is 6.08 Å². The van der Waals surface area contributed by atoms with Crippen LogP contribution in [0.1, 0.15) is 18.1 Å². The molecule has 0 fully saturated rings. The van der Waals surface area contributed by atoms with Crippen molar-refractivity contribution >= 4 is 68.4 Å². The van der Waals surface area contributed by atoms with Crippen molar-refractivity contribution in [3.8, 4) is 17.6 Å². The van der Waals surface area contributed by atoms with Crippen LogP contribution >= 0.6 is 39.1 Å². The minimum absolute atomic E-state index is 0.0905. The van der Waals surface area contributed by atoms with Gasteiger partial charge in [0.15, 0.2) is 18.1 Å². The number of anilines is 2. The summed E-state index contributed by atoms with van der Waals surface area (Å²) in [5, 5.41) is 15.7. The highest BCUT2D eigenvalue weighted by Gasteiger charge is 2.16. The summed E-state index contributed by atoms with van der Waals surface area (Å²) in [6.07, 6.45) is 1.45. The van der Waals surface area contributed by atoms with Crippen LogP contribution in [0.4, 0.5) is 11.4 Å². The van der Waals surface area contributed by atoms with Crippen molar-refractivity contribution in [2.75, 3.05) is 23.8 Å². The van der Waals surface area contributed by atoms with E-state index in [0.29, 0.717) is 49.6 Å². The van der Waals surface area contributed by atoms with Gasteiger partial charge < -0.3 is 20.1 Å². The van der Waals surface area contributed by atoms with E-state index in [1.807, 2.05) is 25.1 Å². The molecule has 0 atom stereocenters. The van der Waals surface area contributed by atoms with Crippen LogP contribution in [-0.2, 0) is 9.59 Å². The molecule has 2 amide bonds. The van der Waals surface area contributed by atoms with Crippen molar-refractivity contribution in [1.82, 2.24) is 0 Å². The Kier molecular flexibility index (Phi) is 9.98. The Hall–Kier alpha value is -3.51. The summed E-state index contributed by atoms with van der Waals surface area (Å²) in [5.41, 5.74) is 2.40. The Bertz CT molecular complexity index is 1400. The van der Waals surface area contributed by atoms with E-state index in [0.717, 1.165) is 5.56 Å². The average molecular weight is 603 g/mol. The summed E-state index contributed by atoms with van der Waals surface area (Å²) in [6.45, 7) is 3.68. The predicted octanol–water partition coefficient (Wildman–Crippen LogP) is 7.03. The first-order valence-electron chi connectivity index (χ1n) is 11.0. The lowest BCUT2D eigenvalue weighted by Gasteiger charge is -2.15. The fourth-order valence-corrected chi connectivity index (χ4v) is 4.07. The van der Waals surface area contributed by atoms with Crippen molar-refractivity contribution in [2.24, 2.45) is 0 Å². The fourth-order valence-electron chi connectivity index (χ4n) is 3.20. The molecule has 3 rings (SSSR count). The van der Waals surface area contributed by atoms with Crippen molar-refractivity contribution < 1.29 is 19.1 Å². The van der Waals surface area contributed by atoms with Crippen molar-refractivity contribution in [3.63, 3.8) is 0 Å². The minimum atomic E-state index is -0.537. The molecule has 0 aromatic heterocycles. The summed E-state index contributed by atoms with van der Waals surface area (Å²) in [7, 11) is 0. The lowest BCUT2D eigenvalue weighted by Crippen LogP contribution is -2.20. The summed E-state index contributed by atoms with van der Waals surface area (Å²) < 4.78 is 11.9. The molecule has 0 radical (unpaired) electrons. The van der Waals surface area contributed by atoms with Gasteiger partial charge in [-0.2, -0.15) is 5.26 Å². The largest absolute Gasteiger partial charge is 0.490 e. The van der Waals surface area contributed by atoms with E-state index >= 15 is 0 Å². The predicted molar refractivity (Wildman–Crippen MR) is 149 cm³/mol. The maximum atomic E-state index is 12.7. The molecule has 0 aliphatic carbocycles. The molecule has 0 saturated heterocycles. The van der Waals surface area contributed by atoms with E-state index in [9.17, 15) is 14.9 Å². The van der Waals surface area contributed by atoms with Crippen molar-refractivity contribution in [3.05, 3.63) is 85.8 Å². The Morgan fingerprint density at radius 3 is 2.49 bits per heavy atom. The van der Waals surface area contributed by atoms with E-state index in [2.05, 4.69) is 26.6 Å². The smallest absolute Gasteiger partial charge is 0.266 e. The number of halogens is 3. The molecular weight excluding hydrogens is 581 g/mol. The maximum Gasteiger partial charge on any atom is 0.266 e. The van der Waals surface area contributed by atoms with Crippen LogP contribution in [0.5, 0.6) is 11.5 Å². The van der Waals surface area contributed by atoms with Crippen LogP contribution in [0.3, 0.4) is 0 Å². The van der Waals surface area contributed by atoms with Crippen LogP contribution < -0.4 is 20.1 Å². The van der Waals surface area contributed by atoms with Crippen molar-refractivity contribution in [1.29, 1.82) is 5.26 Å². The molecule has 7 nitrogen and oxygen atoms in total. The summed E-state index contributed by atoms with van der Waals surface area (Å²) in [4.78, 5) is 25.1. The molecular formula is C27H22BrCl2N3O4. The first kappa shape index (κ1) is 28.1. The number of para-hydroxylation sites is 1. The van der Waals surface area contributed by atoms with E-state index in [1.54, 1.807) is 43.3 Å². The van der Waals surface area contributed by atoms with E-state index in [1.165, 1.54) is 12.1 Å². The third kappa shape index (κ3) is 7.73. The molecule has 0 unspecified atom stereocenters. The molecule has 0 heterocycles. The molecule has 0 aliphatic rings. The molecule has 37 heavy (non-hydrogen) atoms. The standard InChI is InChI=1S/C27H22BrCl2N3O4/c1-3-36-24-12-17(10-18(14-31)27(35)33-23-7-5-4-6-16(23)2)11-20(28)26(24)37-15-25(34)32-19-8-9-21(29)22(30)13-19/h4-13H,3,15H2,1-2H3,(H,32,34)(H,33,35)/b18-10-. The van der Waals surface area contributed by atoms with E-state index < -0.39 is 11.8 Å². The number of nitrogens with one attached hydrogen (secondary N) is 2. The zero-order valence-corrected chi connectivity index (χ0v) is 23.0. The van der Waals surface area contributed by atoms with Gasteiger partial charge in [0.2, 0.25) is 0 Å². The highest BCUT2D eigenvalue weighted by atomic mass is 79.9. The minimum Gasteiger partial charge on any atom is -0.490 e. The molecule has 0 aliphatic heterocycles. The van der Waals surface area contributed by atoms with Gasteiger partial charge in [0, 0.05) is 11.4 Å². The van der Waals surface area contributed by atoms with Gasteiger partial charge in [-0.15, -0.1) is 0 Å². The second-order valence-electron chi connectivity index (χ2n) is 7.67. The Balaban J connectivity index is 1.77. The van der Waals surface area contributed by atoms with E-state index in [4.69, 9.17) is 32.7 Å². The first-order valence-corrected chi connectivity index (χ1v) is 12.6. The summed E-state index contributed by atoms with van der Waals surface area (Å²) >= 11 is 15.3. The third-order valence-corrected chi connectivity index (χ3v) is 6.28. The Morgan fingerprint density at radius 1 is 1.05 bits per heavy atom. The van der Waals surface area contributed by atoms with E-state index in [-0.39, 0.29) is 12.2 Å². The molecule has 3 aromatic rings. The van der Waals surface area contributed by atoms with Crippen LogP contribution in [0.2, 0.25) is 10.0 Å². The van der Waals surface area contributed by atoms with Gasteiger partial charge in [-0.3, -0.25) is 9.59 Å². The van der Waals surface area contributed by atoms with Crippen LogP contribution in [0, 0.1) is 18.3 Å². The molecule has 0 saturated carbocycles. The van der Waals surface area contributed by atoms with Crippen LogP contribution in [-0.4, -0.2) is 25.0 Å². The van der Waals surface area contributed by atoms with Gasteiger partial charge in [0.25, 0.3) is 11.8 Å². The topological polar surface area (TPSA) is 100 Å². The highest BCUT2D eigenvalue weighted by molar-refractivity contribution is 9.10. The van der Waals surface area contributed by atoms with Gasteiger partial charge in [-0.25, -0.2) is 0 Å². The molecule has 0 spiro atoms. The number of hydrogen-bond acceptors (Lipinski definition) is 5. The number of rotatable bonds is 9. The summed E-state index contributed by atoms with van der Waals surface area (Å²) in [5.74, 6) is -0.324. The van der Waals surface area contributed by atoms with Crippen molar-refractivity contribution in [2.45, 2.75) is 13.8 Å².